The molecule has 2 rings (SSSR count). The molecule has 0 radical (unpaired) electrons. The van der Waals surface area contributed by atoms with E-state index in [4.69, 9.17) is 5.73 Å². The average molecular weight is 239 g/mol. The van der Waals surface area contributed by atoms with Crippen molar-refractivity contribution in [2.75, 3.05) is 27.2 Å². The van der Waals surface area contributed by atoms with Crippen molar-refractivity contribution in [3.8, 4) is 0 Å². The fraction of sp³-hybridized carbons (Fsp3) is 0.923. The monoisotopic (exact) mass is 239 g/mol. The molecule has 2 aliphatic rings. The number of nitrogens with zero attached hydrogens (tertiary/aromatic N) is 2. The molecule has 4 nitrogen and oxygen atoms in total. The summed E-state index contributed by atoms with van der Waals surface area (Å²) >= 11 is 0. The Morgan fingerprint density at radius 2 is 1.94 bits per heavy atom. The van der Waals surface area contributed by atoms with E-state index in [1.807, 2.05) is 14.1 Å². The van der Waals surface area contributed by atoms with Crippen LogP contribution in [0.25, 0.3) is 0 Å². The van der Waals surface area contributed by atoms with E-state index in [9.17, 15) is 4.79 Å². The molecule has 0 saturated heterocycles. The van der Waals surface area contributed by atoms with Gasteiger partial charge in [-0.05, 0) is 31.6 Å². The van der Waals surface area contributed by atoms with Crippen LogP contribution < -0.4 is 5.73 Å². The molecule has 2 N–H and O–H groups in total. The van der Waals surface area contributed by atoms with E-state index < -0.39 is 0 Å². The maximum Gasteiger partial charge on any atom is 0.223 e. The van der Waals surface area contributed by atoms with Gasteiger partial charge in [-0.25, -0.2) is 0 Å². The quantitative estimate of drug-likeness (QED) is 0.710. The minimum atomic E-state index is 0.196. The molecule has 1 atom stereocenters. The van der Waals surface area contributed by atoms with E-state index >= 15 is 0 Å². The molecule has 0 heterocycles. The van der Waals surface area contributed by atoms with Gasteiger partial charge in [-0.15, -0.1) is 0 Å². The highest BCUT2D eigenvalue weighted by atomic mass is 16.2. The third-order valence-electron chi connectivity index (χ3n) is 3.83. The van der Waals surface area contributed by atoms with Gasteiger partial charge in [0, 0.05) is 45.7 Å². The highest BCUT2D eigenvalue weighted by molar-refractivity contribution is 5.76. The first kappa shape index (κ1) is 12.8. The molecule has 1 unspecified atom stereocenters. The fourth-order valence-electron chi connectivity index (χ4n) is 2.32. The van der Waals surface area contributed by atoms with Crippen LogP contribution in [-0.4, -0.2) is 55.0 Å². The number of carbonyl (C=O) groups is 1. The number of nitrogens with two attached hydrogens (primary N) is 1. The zero-order valence-corrected chi connectivity index (χ0v) is 11.1. The van der Waals surface area contributed by atoms with Crippen LogP contribution in [0.1, 0.15) is 32.1 Å². The van der Waals surface area contributed by atoms with E-state index in [-0.39, 0.29) is 11.9 Å². The van der Waals surface area contributed by atoms with Crippen molar-refractivity contribution >= 4 is 5.91 Å². The summed E-state index contributed by atoms with van der Waals surface area (Å²) in [5, 5.41) is 0. The lowest BCUT2D eigenvalue weighted by molar-refractivity contribution is -0.130. The first-order chi connectivity index (χ1) is 8.11. The number of hydrogen-bond acceptors (Lipinski definition) is 3. The first-order valence-corrected chi connectivity index (χ1v) is 6.77. The highest BCUT2D eigenvalue weighted by Crippen LogP contribution is 2.36. The van der Waals surface area contributed by atoms with Crippen molar-refractivity contribution in [2.24, 2.45) is 11.7 Å². The zero-order valence-electron chi connectivity index (χ0n) is 11.1. The summed E-state index contributed by atoms with van der Waals surface area (Å²) in [7, 11) is 3.64. The van der Waals surface area contributed by atoms with Gasteiger partial charge < -0.3 is 10.6 Å². The Balaban J connectivity index is 1.90. The van der Waals surface area contributed by atoms with E-state index in [0.29, 0.717) is 19.0 Å². The largest absolute Gasteiger partial charge is 0.349 e. The summed E-state index contributed by atoms with van der Waals surface area (Å²) in [6, 6.07) is 0.956. The summed E-state index contributed by atoms with van der Waals surface area (Å²) in [5.74, 6) is 1.07. The van der Waals surface area contributed by atoms with E-state index in [2.05, 4.69) is 4.90 Å². The molecule has 98 valence electrons. The van der Waals surface area contributed by atoms with Crippen molar-refractivity contribution < 1.29 is 4.79 Å². The second kappa shape index (κ2) is 5.36. The van der Waals surface area contributed by atoms with Gasteiger partial charge in [-0.3, -0.25) is 9.69 Å². The van der Waals surface area contributed by atoms with Crippen LogP contribution in [0.15, 0.2) is 0 Å². The number of rotatable bonds is 7. The maximum atomic E-state index is 11.8. The minimum Gasteiger partial charge on any atom is -0.349 e. The van der Waals surface area contributed by atoms with E-state index in [1.54, 1.807) is 4.90 Å². The molecule has 0 aromatic rings. The predicted molar refractivity (Wildman–Crippen MR) is 68.6 cm³/mol. The normalized spacial score (nSPS) is 21.6. The molecule has 2 saturated carbocycles. The molecule has 0 spiro atoms. The molecule has 4 heteroatoms. The Labute approximate surface area is 104 Å². The fourth-order valence-corrected chi connectivity index (χ4v) is 2.32. The predicted octanol–water partition coefficient (Wildman–Crippen LogP) is 0.666. The summed E-state index contributed by atoms with van der Waals surface area (Å²) < 4.78 is 0. The Kier molecular flexibility index (Phi) is 4.05. The molecule has 1 amide bonds. The number of hydrogen-bond donors (Lipinski definition) is 1. The lowest BCUT2D eigenvalue weighted by Gasteiger charge is -2.31. The molecular weight excluding hydrogens is 214 g/mol. The first-order valence-electron chi connectivity index (χ1n) is 6.77. The van der Waals surface area contributed by atoms with Gasteiger partial charge in [0.2, 0.25) is 5.91 Å². The van der Waals surface area contributed by atoms with Crippen molar-refractivity contribution in [3.05, 3.63) is 0 Å². The van der Waals surface area contributed by atoms with Crippen molar-refractivity contribution in [1.29, 1.82) is 0 Å². The molecular formula is C13H25N3O. The summed E-state index contributed by atoms with van der Waals surface area (Å²) in [6.45, 7) is 1.76. The smallest absolute Gasteiger partial charge is 0.223 e. The summed E-state index contributed by atoms with van der Waals surface area (Å²) in [5.41, 5.74) is 5.87. The minimum absolute atomic E-state index is 0.196. The molecule has 0 aliphatic heterocycles. The average Bonchev–Trinajstić information content (AvgIpc) is 3.15. The summed E-state index contributed by atoms with van der Waals surface area (Å²) in [6.07, 6.45) is 5.88. The molecule has 2 fully saturated rings. The number of amides is 1. The van der Waals surface area contributed by atoms with E-state index in [0.717, 1.165) is 12.5 Å². The van der Waals surface area contributed by atoms with Crippen LogP contribution >= 0.6 is 0 Å². The number of carbonyl (C=O) groups excluding carboxylic acids is 1. The van der Waals surface area contributed by atoms with Gasteiger partial charge in [0.15, 0.2) is 0 Å². The van der Waals surface area contributed by atoms with Gasteiger partial charge >= 0.3 is 0 Å². The van der Waals surface area contributed by atoms with Crippen LogP contribution in [0.5, 0.6) is 0 Å². The van der Waals surface area contributed by atoms with Crippen LogP contribution in [0.2, 0.25) is 0 Å². The van der Waals surface area contributed by atoms with Gasteiger partial charge in [-0.1, -0.05) is 0 Å². The second-order valence-corrected chi connectivity index (χ2v) is 5.75. The second-order valence-electron chi connectivity index (χ2n) is 5.75. The van der Waals surface area contributed by atoms with Gasteiger partial charge in [0.25, 0.3) is 0 Å². The van der Waals surface area contributed by atoms with Crippen LogP contribution in [0.4, 0.5) is 0 Å². The van der Waals surface area contributed by atoms with Gasteiger partial charge in [0.05, 0.1) is 0 Å². The zero-order chi connectivity index (χ0) is 12.4. The highest BCUT2D eigenvalue weighted by Gasteiger charge is 2.37. The molecule has 0 aromatic carbocycles. The van der Waals surface area contributed by atoms with Crippen LogP contribution in [0.3, 0.4) is 0 Å². The van der Waals surface area contributed by atoms with Crippen molar-refractivity contribution in [2.45, 2.75) is 44.2 Å². The molecule has 2 aliphatic carbocycles. The molecule has 17 heavy (non-hydrogen) atoms. The van der Waals surface area contributed by atoms with Gasteiger partial charge in [-0.2, -0.15) is 0 Å². The van der Waals surface area contributed by atoms with Gasteiger partial charge in [0.1, 0.15) is 0 Å². The van der Waals surface area contributed by atoms with Crippen LogP contribution in [0, 0.1) is 5.92 Å². The lowest BCUT2D eigenvalue weighted by atomic mass is 10.1. The summed E-state index contributed by atoms with van der Waals surface area (Å²) in [4.78, 5) is 16.0. The maximum absolute atomic E-state index is 11.8. The third-order valence-corrected chi connectivity index (χ3v) is 3.83. The SMILES string of the molecule is CN(C)C(=O)CC(CN)N(CC1CC1)C1CC1. The molecule has 0 aromatic heterocycles. The lowest BCUT2D eigenvalue weighted by Crippen LogP contribution is -2.45. The molecule has 0 bridgehead atoms. The topological polar surface area (TPSA) is 49.6 Å². The Morgan fingerprint density at radius 1 is 1.29 bits per heavy atom. The van der Waals surface area contributed by atoms with Crippen molar-refractivity contribution in [3.63, 3.8) is 0 Å². The standard InChI is InChI=1S/C13H25N3O/c1-15(2)13(17)7-12(8-14)16(11-5-6-11)9-10-3-4-10/h10-12H,3-9,14H2,1-2H3. The Bertz CT molecular complexity index is 272. The van der Waals surface area contributed by atoms with Crippen LogP contribution in [-0.2, 0) is 4.79 Å². The Morgan fingerprint density at radius 3 is 2.35 bits per heavy atom. The third kappa shape index (κ3) is 3.68. The van der Waals surface area contributed by atoms with E-state index in [1.165, 1.54) is 25.7 Å². The Hall–Kier alpha value is -0.610. The van der Waals surface area contributed by atoms with Crippen molar-refractivity contribution in [1.82, 2.24) is 9.80 Å².